The summed E-state index contributed by atoms with van der Waals surface area (Å²) in [7, 11) is 2.09. The first kappa shape index (κ1) is 14.5. The number of amides is 1. The molecular formula is C17H24N2O2. The van der Waals surface area contributed by atoms with E-state index in [1.165, 1.54) is 11.1 Å². The van der Waals surface area contributed by atoms with Crippen molar-refractivity contribution in [3.05, 3.63) is 35.4 Å². The largest absolute Gasteiger partial charge is 0.392 e. The molecule has 2 aliphatic rings. The Labute approximate surface area is 126 Å². The molecule has 0 aromatic heterocycles. The van der Waals surface area contributed by atoms with Crippen LogP contribution < -0.4 is 0 Å². The minimum absolute atomic E-state index is 0.0621. The van der Waals surface area contributed by atoms with Crippen LogP contribution in [0.3, 0.4) is 0 Å². The van der Waals surface area contributed by atoms with Gasteiger partial charge in [-0.25, -0.2) is 0 Å². The lowest BCUT2D eigenvalue weighted by Crippen LogP contribution is -2.48. The van der Waals surface area contributed by atoms with Gasteiger partial charge in [-0.2, -0.15) is 0 Å². The molecule has 0 unspecified atom stereocenters. The minimum Gasteiger partial charge on any atom is -0.392 e. The average Bonchev–Trinajstić information content (AvgIpc) is 2.48. The number of rotatable bonds is 2. The van der Waals surface area contributed by atoms with Gasteiger partial charge in [0, 0.05) is 32.6 Å². The predicted octanol–water partition coefficient (Wildman–Crippen LogP) is 0.926. The van der Waals surface area contributed by atoms with Crippen LogP contribution in [0.15, 0.2) is 24.3 Å². The molecule has 0 bridgehead atoms. The summed E-state index contributed by atoms with van der Waals surface area (Å²) >= 11 is 0. The van der Waals surface area contributed by atoms with Crippen molar-refractivity contribution >= 4 is 5.91 Å². The molecule has 1 fully saturated rings. The maximum atomic E-state index is 12.4. The zero-order valence-corrected chi connectivity index (χ0v) is 12.7. The molecule has 1 aliphatic carbocycles. The number of likely N-dealkylation sites (N-methyl/N-ethyl adjacent to an activating group) is 1. The summed E-state index contributed by atoms with van der Waals surface area (Å²) in [6.07, 6.45) is 1.57. The van der Waals surface area contributed by atoms with Crippen molar-refractivity contribution in [1.82, 2.24) is 9.80 Å². The van der Waals surface area contributed by atoms with Gasteiger partial charge in [-0.1, -0.05) is 24.3 Å². The average molecular weight is 288 g/mol. The Morgan fingerprint density at radius 3 is 2.43 bits per heavy atom. The van der Waals surface area contributed by atoms with Crippen LogP contribution in [0.4, 0.5) is 0 Å². The third kappa shape index (κ3) is 3.27. The van der Waals surface area contributed by atoms with Gasteiger partial charge < -0.3 is 14.9 Å². The van der Waals surface area contributed by atoms with Crippen LogP contribution in [0.1, 0.15) is 17.5 Å². The number of piperazine rings is 1. The van der Waals surface area contributed by atoms with Gasteiger partial charge in [-0.3, -0.25) is 4.79 Å². The highest BCUT2D eigenvalue weighted by Gasteiger charge is 2.30. The summed E-state index contributed by atoms with van der Waals surface area (Å²) in [6.45, 7) is 3.52. The Kier molecular flexibility index (Phi) is 4.27. The summed E-state index contributed by atoms with van der Waals surface area (Å²) in [5, 5.41) is 10.3. The van der Waals surface area contributed by atoms with Crippen molar-refractivity contribution in [2.24, 2.45) is 5.92 Å². The summed E-state index contributed by atoms with van der Waals surface area (Å²) in [5.41, 5.74) is 2.52. The van der Waals surface area contributed by atoms with Gasteiger partial charge in [-0.15, -0.1) is 0 Å². The normalized spacial score (nSPS) is 26.5. The van der Waals surface area contributed by atoms with E-state index in [-0.39, 0.29) is 11.8 Å². The highest BCUT2D eigenvalue weighted by molar-refractivity contribution is 5.76. The number of carbonyl (C=O) groups excluding carboxylic acids is 1. The third-order valence-electron chi connectivity index (χ3n) is 4.87. The van der Waals surface area contributed by atoms with Gasteiger partial charge in [0.1, 0.15) is 0 Å². The standard InChI is InChI=1S/C17H24N2O2/c1-18-6-8-19(9-7-18)17(21)12-15-10-13-4-2-3-5-14(13)11-16(15)20/h2-5,15-16,20H,6-12H2,1H3/t15-,16+/m1/s1. The van der Waals surface area contributed by atoms with Gasteiger partial charge in [-0.05, 0) is 36.9 Å². The van der Waals surface area contributed by atoms with E-state index < -0.39 is 6.10 Å². The molecule has 1 aromatic carbocycles. The Hall–Kier alpha value is -1.39. The first-order valence-corrected chi connectivity index (χ1v) is 7.84. The molecule has 3 rings (SSSR count). The topological polar surface area (TPSA) is 43.8 Å². The van der Waals surface area contributed by atoms with E-state index in [9.17, 15) is 9.90 Å². The number of hydrogen-bond acceptors (Lipinski definition) is 3. The second-order valence-electron chi connectivity index (χ2n) is 6.39. The molecular weight excluding hydrogens is 264 g/mol. The number of benzene rings is 1. The van der Waals surface area contributed by atoms with E-state index in [0.29, 0.717) is 12.8 Å². The fraction of sp³-hybridized carbons (Fsp3) is 0.588. The van der Waals surface area contributed by atoms with Crippen LogP contribution >= 0.6 is 0 Å². The minimum atomic E-state index is -0.392. The molecule has 0 spiro atoms. The van der Waals surface area contributed by atoms with Gasteiger partial charge in [0.05, 0.1) is 6.10 Å². The summed E-state index contributed by atoms with van der Waals surface area (Å²) < 4.78 is 0. The van der Waals surface area contributed by atoms with Crippen molar-refractivity contribution in [2.75, 3.05) is 33.2 Å². The summed E-state index contributed by atoms with van der Waals surface area (Å²) in [5.74, 6) is 0.263. The SMILES string of the molecule is CN1CCN(C(=O)C[C@H]2Cc3ccccc3C[C@@H]2O)CC1. The fourth-order valence-corrected chi connectivity index (χ4v) is 3.38. The summed E-state index contributed by atoms with van der Waals surface area (Å²) in [4.78, 5) is 16.6. The van der Waals surface area contributed by atoms with Crippen molar-refractivity contribution in [3.8, 4) is 0 Å². The second kappa shape index (κ2) is 6.16. The van der Waals surface area contributed by atoms with E-state index in [1.54, 1.807) is 0 Å². The van der Waals surface area contributed by atoms with E-state index in [1.807, 2.05) is 17.0 Å². The highest BCUT2D eigenvalue weighted by Crippen LogP contribution is 2.28. The van der Waals surface area contributed by atoms with Crippen LogP contribution in [0, 0.1) is 5.92 Å². The Morgan fingerprint density at radius 1 is 1.14 bits per heavy atom. The molecule has 1 amide bonds. The molecule has 2 atom stereocenters. The first-order valence-electron chi connectivity index (χ1n) is 7.84. The molecule has 1 saturated heterocycles. The number of aliphatic hydroxyl groups excluding tert-OH is 1. The monoisotopic (exact) mass is 288 g/mol. The Morgan fingerprint density at radius 2 is 1.76 bits per heavy atom. The van der Waals surface area contributed by atoms with Crippen molar-refractivity contribution < 1.29 is 9.90 Å². The lowest BCUT2D eigenvalue weighted by Gasteiger charge is -2.35. The molecule has 1 heterocycles. The fourth-order valence-electron chi connectivity index (χ4n) is 3.38. The molecule has 0 saturated carbocycles. The molecule has 1 N–H and O–H groups in total. The number of fused-ring (bicyclic) bond motifs is 1. The van der Waals surface area contributed by atoms with Crippen LogP contribution in [0.2, 0.25) is 0 Å². The molecule has 4 heteroatoms. The zero-order valence-electron chi connectivity index (χ0n) is 12.7. The number of aliphatic hydroxyl groups is 1. The Bertz CT molecular complexity index is 509. The molecule has 4 nitrogen and oxygen atoms in total. The van der Waals surface area contributed by atoms with Crippen LogP contribution in [-0.4, -0.2) is 60.1 Å². The second-order valence-corrected chi connectivity index (χ2v) is 6.39. The van der Waals surface area contributed by atoms with E-state index >= 15 is 0 Å². The summed E-state index contributed by atoms with van der Waals surface area (Å²) in [6, 6.07) is 8.25. The van der Waals surface area contributed by atoms with Crippen LogP contribution in [0.25, 0.3) is 0 Å². The number of nitrogens with zero attached hydrogens (tertiary/aromatic N) is 2. The lowest BCUT2D eigenvalue weighted by atomic mass is 9.80. The van der Waals surface area contributed by atoms with Crippen molar-refractivity contribution in [2.45, 2.75) is 25.4 Å². The predicted molar refractivity (Wildman–Crippen MR) is 82.0 cm³/mol. The number of carbonyl (C=O) groups is 1. The zero-order chi connectivity index (χ0) is 14.8. The third-order valence-corrected chi connectivity index (χ3v) is 4.87. The van der Waals surface area contributed by atoms with Crippen LogP contribution in [0.5, 0.6) is 0 Å². The van der Waals surface area contributed by atoms with E-state index in [0.717, 1.165) is 32.6 Å². The molecule has 0 radical (unpaired) electrons. The Balaban J connectivity index is 1.61. The lowest BCUT2D eigenvalue weighted by molar-refractivity contribution is -0.134. The molecule has 114 valence electrons. The van der Waals surface area contributed by atoms with Crippen molar-refractivity contribution in [1.29, 1.82) is 0 Å². The van der Waals surface area contributed by atoms with Gasteiger partial charge >= 0.3 is 0 Å². The van der Waals surface area contributed by atoms with E-state index in [4.69, 9.17) is 0 Å². The highest BCUT2D eigenvalue weighted by atomic mass is 16.3. The number of hydrogen-bond donors (Lipinski definition) is 1. The van der Waals surface area contributed by atoms with Gasteiger partial charge in [0.25, 0.3) is 0 Å². The van der Waals surface area contributed by atoms with Crippen molar-refractivity contribution in [3.63, 3.8) is 0 Å². The van der Waals surface area contributed by atoms with Crippen LogP contribution in [-0.2, 0) is 17.6 Å². The maximum Gasteiger partial charge on any atom is 0.223 e. The maximum absolute atomic E-state index is 12.4. The quantitative estimate of drug-likeness (QED) is 0.880. The molecule has 1 aromatic rings. The molecule has 1 aliphatic heterocycles. The van der Waals surface area contributed by atoms with E-state index in [2.05, 4.69) is 24.1 Å². The first-order chi connectivity index (χ1) is 10.1. The molecule has 21 heavy (non-hydrogen) atoms. The van der Waals surface area contributed by atoms with Gasteiger partial charge in [0.15, 0.2) is 0 Å². The van der Waals surface area contributed by atoms with Gasteiger partial charge in [0.2, 0.25) is 5.91 Å². The smallest absolute Gasteiger partial charge is 0.223 e.